The third kappa shape index (κ3) is 4.67. The minimum absolute atomic E-state index is 0.109. The second-order valence-electron chi connectivity index (χ2n) is 6.26. The molecule has 140 valence electrons. The van der Waals surface area contributed by atoms with Gasteiger partial charge in [0.2, 0.25) is 11.1 Å². The fourth-order valence-electron chi connectivity index (χ4n) is 2.78. The van der Waals surface area contributed by atoms with Gasteiger partial charge in [0.25, 0.3) is 0 Å². The largest absolute Gasteiger partial charge is 0.349 e. The Bertz CT molecular complexity index is 959. The third-order valence-corrected chi connectivity index (χ3v) is 5.37. The molecule has 1 heterocycles. The van der Waals surface area contributed by atoms with Crippen LogP contribution in [0.5, 0.6) is 0 Å². The number of nitrogens with one attached hydrogen (secondary N) is 1. The van der Waals surface area contributed by atoms with E-state index in [1.165, 1.54) is 17.3 Å². The minimum Gasteiger partial charge on any atom is -0.349 e. The van der Waals surface area contributed by atoms with Gasteiger partial charge in [0, 0.05) is 5.02 Å². The highest BCUT2D eigenvalue weighted by atomic mass is 35.5. The van der Waals surface area contributed by atoms with Crippen LogP contribution in [0, 0.1) is 13.8 Å². The number of tetrazole rings is 1. The van der Waals surface area contributed by atoms with E-state index in [-0.39, 0.29) is 17.7 Å². The zero-order valence-corrected chi connectivity index (χ0v) is 16.9. The second kappa shape index (κ2) is 8.54. The molecule has 3 rings (SSSR count). The Morgan fingerprint density at radius 2 is 2.04 bits per heavy atom. The number of carbonyl (C=O) groups is 1. The van der Waals surface area contributed by atoms with Gasteiger partial charge in [-0.25, -0.2) is 0 Å². The van der Waals surface area contributed by atoms with Crippen molar-refractivity contribution in [1.82, 2.24) is 25.5 Å². The zero-order valence-electron chi connectivity index (χ0n) is 15.3. The van der Waals surface area contributed by atoms with Gasteiger partial charge in [0.05, 0.1) is 17.5 Å². The number of halogens is 1. The van der Waals surface area contributed by atoms with Gasteiger partial charge in [-0.2, -0.15) is 4.68 Å². The van der Waals surface area contributed by atoms with Crippen LogP contribution in [0.25, 0.3) is 5.69 Å². The summed E-state index contributed by atoms with van der Waals surface area (Å²) in [5, 5.41) is 16.0. The molecule has 1 amide bonds. The lowest BCUT2D eigenvalue weighted by molar-refractivity contribution is -0.119. The monoisotopic (exact) mass is 401 g/mol. The van der Waals surface area contributed by atoms with E-state index in [0.717, 1.165) is 16.8 Å². The molecule has 1 aromatic heterocycles. The molecule has 27 heavy (non-hydrogen) atoms. The Labute approximate surface area is 167 Å². The van der Waals surface area contributed by atoms with Crippen molar-refractivity contribution in [2.24, 2.45) is 0 Å². The van der Waals surface area contributed by atoms with E-state index < -0.39 is 0 Å². The quantitative estimate of drug-likeness (QED) is 0.634. The molecule has 0 fully saturated rings. The summed E-state index contributed by atoms with van der Waals surface area (Å²) in [6, 6.07) is 13.4. The van der Waals surface area contributed by atoms with E-state index in [4.69, 9.17) is 11.6 Å². The number of hydrogen-bond donors (Lipinski definition) is 1. The Balaban J connectivity index is 1.65. The van der Waals surface area contributed by atoms with Crippen LogP contribution in [0.1, 0.15) is 29.7 Å². The summed E-state index contributed by atoms with van der Waals surface area (Å²) in [6.45, 7) is 5.95. The van der Waals surface area contributed by atoms with Crippen molar-refractivity contribution in [3.63, 3.8) is 0 Å². The molecular formula is C19H20ClN5OS. The van der Waals surface area contributed by atoms with E-state index in [2.05, 4.69) is 26.9 Å². The molecule has 0 aliphatic rings. The lowest BCUT2D eigenvalue weighted by Crippen LogP contribution is -2.28. The van der Waals surface area contributed by atoms with Crippen molar-refractivity contribution in [2.45, 2.75) is 32.0 Å². The maximum absolute atomic E-state index is 12.3. The molecule has 8 heteroatoms. The summed E-state index contributed by atoms with van der Waals surface area (Å²) in [6.07, 6.45) is 0. The number of amides is 1. The van der Waals surface area contributed by atoms with Crippen LogP contribution >= 0.6 is 23.4 Å². The zero-order chi connectivity index (χ0) is 19.4. The summed E-state index contributed by atoms with van der Waals surface area (Å²) in [5.41, 5.74) is 4.03. The molecule has 0 spiro atoms. The van der Waals surface area contributed by atoms with Crippen LogP contribution in [0.2, 0.25) is 5.02 Å². The summed E-state index contributed by atoms with van der Waals surface area (Å²) in [4.78, 5) is 12.3. The first-order chi connectivity index (χ1) is 13.0. The average Bonchev–Trinajstić information content (AvgIpc) is 3.08. The number of aromatic nitrogens is 4. The van der Waals surface area contributed by atoms with Gasteiger partial charge in [-0.15, -0.1) is 5.10 Å². The van der Waals surface area contributed by atoms with Gasteiger partial charge in [-0.3, -0.25) is 4.79 Å². The van der Waals surface area contributed by atoms with Crippen LogP contribution in [0.3, 0.4) is 0 Å². The maximum Gasteiger partial charge on any atom is 0.230 e. The third-order valence-electron chi connectivity index (χ3n) is 4.10. The number of benzene rings is 2. The molecule has 2 aromatic carbocycles. The standard InChI is InChI=1S/C19H20ClN5OS/c1-12-8-9-17(13(2)10-12)25-19(22-23-24-25)27-11-18(26)21-14(3)15-6-4-5-7-16(15)20/h4-10,14H,11H2,1-3H3,(H,21,26). The first kappa shape index (κ1) is 19.4. The molecule has 1 unspecified atom stereocenters. The molecule has 0 saturated carbocycles. The van der Waals surface area contributed by atoms with Crippen LogP contribution in [0.15, 0.2) is 47.6 Å². The smallest absolute Gasteiger partial charge is 0.230 e. The molecule has 0 radical (unpaired) electrons. The van der Waals surface area contributed by atoms with Gasteiger partial charge >= 0.3 is 0 Å². The predicted octanol–water partition coefficient (Wildman–Crippen LogP) is 3.90. The second-order valence-corrected chi connectivity index (χ2v) is 7.61. The van der Waals surface area contributed by atoms with Crippen molar-refractivity contribution in [2.75, 3.05) is 5.75 Å². The summed E-state index contributed by atoms with van der Waals surface area (Å²) in [7, 11) is 0. The highest BCUT2D eigenvalue weighted by Gasteiger charge is 2.16. The Kier molecular flexibility index (Phi) is 6.13. The van der Waals surface area contributed by atoms with Crippen LogP contribution in [-0.2, 0) is 4.79 Å². The van der Waals surface area contributed by atoms with E-state index in [9.17, 15) is 4.79 Å². The van der Waals surface area contributed by atoms with Gasteiger partial charge in [0.15, 0.2) is 0 Å². The normalized spacial score (nSPS) is 12.0. The van der Waals surface area contributed by atoms with E-state index >= 15 is 0 Å². The first-order valence-corrected chi connectivity index (χ1v) is 9.84. The molecule has 0 saturated heterocycles. The molecule has 0 aliphatic heterocycles. The first-order valence-electron chi connectivity index (χ1n) is 8.48. The van der Waals surface area contributed by atoms with Crippen LogP contribution in [0.4, 0.5) is 0 Å². The number of carbonyl (C=O) groups excluding carboxylic acids is 1. The van der Waals surface area contributed by atoms with Crippen LogP contribution < -0.4 is 5.32 Å². The number of thioether (sulfide) groups is 1. The lowest BCUT2D eigenvalue weighted by atomic mass is 10.1. The average molecular weight is 402 g/mol. The Hall–Kier alpha value is -2.38. The molecule has 1 atom stereocenters. The van der Waals surface area contributed by atoms with Gasteiger partial charge in [-0.05, 0) is 54.5 Å². The van der Waals surface area contributed by atoms with Crippen molar-refractivity contribution < 1.29 is 4.79 Å². The van der Waals surface area contributed by atoms with Crippen molar-refractivity contribution in [3.8, 4) is 5.69 Å². The fourth-order valence-corrected chi connectivity index (χ4v) is 3.77. The highest BCUT2D eigenvalue weighted by Crippen LogP contribution is 2.24. The predicted molar refractivity (Wildman–Crippen MR) is 107 cm³/mol. The molecule has 0 aliphatic carbocycles. The van der Waals surface area contributed by atoms with E-state index in [1.54, 1.807) is 4.68 Å². The number of rotatable bonds is 6. The topological polar surface area (TPSA) is 72.7 Å². The maximum atomic E-state index is 12.3. The van der Waals surface area contributed by atoms with Crippen molar-refractivity contribution >= 4 is 29.3 Å². The lowest BCUT2D eigenvalue weighted by Gasteiger charge is -2.15. The number of aryl methyl sites for hydroxylation is 2. The highest BCUT2D eigenvalue weighted by molar-refractivity contribution is 7.99. The molecule has 3 aromatic rings. The minimum atomic E-state index is -0.179. The fraction of sp³-hybridized carbons (Fsp3) is 0.263. The SMILES string of the molecule is Cc1ccc(-n2nnnc2SCC(=O)NC(C)c2ccccc2Cl)c(C)c1. The van der Waals surface area contributed by atoms with Crippen molar-refractivity contribution in [1.29, 1.82) is 0 Å². The van der Waals surface area contributed by atoms with Gasteiger partial charge in [-0.1, -0.05) is 59.3 Å². The summed E-state index contributed by atoms with van der Waals surface area (Å²) < 4.78 is 1.66. The summed E-state index contributed by atoms with van der Waals surface area (Å²) in [5.74, 6) is 0.0997. The summed E-state index contributed by atoms with van der Waals surface area (Å²) >= 11 is 7.48. The van der Waals surface area contributed by atoms with Gasteiger partial charge < -0.3 is 5.32 Å². The Morgan fingerprint density at radius 1 is 1.26 bits per heavy atom. The van der Waals surface area contributed by atoms with Gasteiger partial charge in [0.1, 0.15) is 0 Å². The molecule has 1 N–H and O–H groups in total. The van der Waals surface area contributed by atoms with E-state index in [0.29, 0.717) is 10.2 Å². The molecule has 6 nitrogen and oxygen atoms in total. The number of nitrogens with zero attached hydrogens (tertiary/aromatic N) is 4. The van der Waals surface area contributed by atoms with E-state index in [1.807, 2.05) is 57.2 Å². The van der Waals surface area contributed by atoms with Crippen LogP contribution in [-0.4, -0.2) is 31.9 Å². The Morgan fingerprint density at radius 3 is 2.78 bits per heavy atom. The van der Waals surface area contributed by atoms with Crippen molar-refractivity contribution in [3.05, 3.63) is 64.2 Å². The number of hydrogen-bond acceptors (Lipinski definition) is 5. The molecule has 0 bridgehead atoms. The molecular weight excluding hydrogens is 382 g/mol.